The molecule has 1 aliphatic rings. The molecule has 1 unspecified atom stereocenters. The van der Waals surface area contributed by atoms with E-state index in [0.29, 0.717) is 44.3 Å². The smallest absolute Gasteiger partial charge is 0.270 e. The van der Waals surface area contributed by atoms with Crippen molar-refractivity contribution >= 4 is 57.7 Å². The van der Waals surface area contributed by atoms with Crippen LogP contribution in [0.2, 0.25) is 5.02 Å². The van der Waals surface area contributed by atoms with Crippen LogP contribution in [0.5, 0.6) is 0 Å². The zero-order chi connectivity index (χ0) is 24.3. The standard InChI is InChI=1S/C24H25ClN4O2S2/c1-5-14(3)29-23(31)20(33-24(29)32)11-17-15(4)18(12-26)22(30)28(6-2)21(17)27-13-16-9-7-8-10-19(16)25/h7-11,14,27H,5-6,13H2,1-4H3/b20-11+. The fourth-order valence-electron chi connectivity index (χ4n) is 3.65. The fraction of sp³-hybridized carbons (Fsp3) is 0.333. The first-order valence-electron chi connectivity index (χ1n) is 10.7. The Morgan fingerprint density at radius 3 is 2.61 bits per heavy atom. The highest BCUT2D eigenvalue weighted by Gasteiger charge is 2.35. The molecule has 9 heteroatoms. The van der Waals surface area contributed by atoms with Gasteiger partial charge in [-0.05, 0) is 50.5 Å². The summed E-state index contributed by atoms with van der Waals surface area (Å²) in [5.74, 6) is 0.372. The minimum absolute atomic E-state index is 0.0124. The molecule has 1 N–H and O–H groups in total. The minimum Gasteiger partial charge on any atom is -0.367 e. The van der Waals surface area contributed by atoms with Crippen molar-refractivity contribution in [3.8, 4) is 6.07 Å². The number of hydrogen-bond donors (Lipinski definition) is 1. The molecule has 2 aromatic rings. The molecule has 2 heterocycles. The summed E-state index contributed by atoms with van der Waals surface area (Å²) in [7, 11) is 0. The molecule has 3 rings (SSSR count). The van der Waals surface area contributed by atoms with Crippen molar-refractivity contribution in [1.29, 1.82) is 5.26 Å². The Labute approximate surface area is 208 Å². The molecule has 0 saturated carbocycles. The van der Waals surface area contributed by atoms with Gasteiger partial charge in [0.25, 0.3) is 11.5 Å². The Hall–Kier alpha value is -2.60. The third kappa shape index (κ3) is 4.86. The number of rotatable bonds is 7. The van der Waals surface area contributed by atoms with Crippen LogP contribution in [0.4, 0.5) is 5.82 Å². The Morgan fingerprint density at radius 1 is 1.30 bits per heavy atom. The topological polar surface area (TPSA) is 78.1 Å². The molecule has 33 heavy (non-hydrogen) atoms. The number of amides is 1. The van der Waals surface area contributed by atoms with Crippen molar-refractivity contribution in [3.05, 3.63) is 66.8 Å². The number of thioether (sulfide) groups is 1. The van der Waals surface area contributed by atoms with Crippen LogP contribution in [0, 0.1) is 18.3 Å². The van der Waals surface area contributed by atoms with E-state index in [0.717, 1.165) is 12.0 Å². The number of thiocarbonyl (C=S) groups is 1. The number of nitrogens with zero attached hydrogens (tertiary/aromatic N) is 3. The number of nitriles is 1. The zero-order valence-corrected chi connectivity index (χ0v) is 21.3. The van der Waals surface area contributed by atoms with E-state index in [9.17, 15) is 14.9 Å². The average molecular weight is 501 g/mol. The molecule has 1 atom stereocenters. The highest BCUT2D eigenvalue weighted by atomic mass is 35.5. The second-order valence-corrected chi connectivity index (χ2v) is 9.76. The van der Waals surface area contributed by atoms with Gasteiger partial charge in [0.05, 0.1) is 4.91 Å². The number of aromatic nitrogens is 1. The fourth-order valence-corrected chi connectivity index (χ4v) is 5.30. The van der Waals surface area contributed by atoms with E-state index in [4.69, 9.17) is 23.8 Å². The van der Waals surface area contributed by atoms with Gasteiger partial charge in [-0.15, -0.1) is 0 Å². The van der Waals surface area contributed by atoms with Crippen LogP contribution < -0.4 is 10.9 Å². The van der Waals surface area contributed by atoms with Gasteiger partial charge >= 0.3 is 0 Å². The van der Waals surface area contributed by atoms with Crippen LogP contribution in [0.25, 0.3) is 6.08 Å². The summed E-state index contributed by atoms with van der Waals surface area (Å²) in [5.41, 5.74) is 1.69. The van der Waals surface area contributed by atoms with Gasteiger partial charge < -0.3 is 5.32 Å². The summed E-state index contributed by atoms with van der Waals surface area (Å²) in [4.78, 5) is 28.2. The molecule has 1 aromatic carbocycles. The first-order valence-corrected chi connectivity index (χ1v) is 12.3. The van der Waals surface area contributed by atoms with Crippen molar-refractivity contribution in [1.82, 2.24) is 9.47 Å². The number of hydrogen-bond acceptors (Lipinski definition) is 6. The maximum absolute atomic E-state index is 13.1. The third-order valence-corrected chi connectivity index (χ3v) is 7.42. The maximum Gasteiger partial charge on any atom is 0.270 e. The Kier molecular flexibility index (Phi) is 8.01. The maximum atomic E-state index is 13.1. The molecular weight excluding hydrogens is 476 g/mol. The van der Waals surface area contributed by atoms with E-state index in [-0.39, 0.29) is 23.1 Å². The molecule has 0 spiro atoms. The summed E-state index contributed by atoms with van der Waals surface area (Å²) >= 11 is 13.0. The molecule has 6 nitrogen and oxygen atoms in total. The van der Waals surface area contributed by atoms with Gasteiger partial charge in [-0.3, -0.25) is 19.1 Å². The van der Waals surface area contributed by atoms with Crippen LogP contribution in [0.1, 0.15) is 49.4 Å². The average Bonchev–Trinajstić information content (AvgIpc) is 3.08. The number of halogens is 1. The van der Waals surface area contributed by atoms with Crippen LogP contribution >= 0.6 is 35.6 Å². The highest BCUT2D eigenvalue weighted by Crippen LogP contribution is 2.36. The Bertz CT molecular complexity index is 1250. The van der Waals surface area contributed by atoms with E-state index >= 15 is 0 Å². The SMILES string of the molecule is CCC(C)N1C(=O)/C(=C\c2c(C)c(C#N)c(=O)n(CC)c2NCc2ccccc2Cl)SC1=S. The molecular formula is C24H25ClN4O2S2. The lowest BCUT2D eigenvalue weighted by atomic mass is 10.0. The lowest BCUT2D eigenvalue weighted by Gasteiger charge is -2.21. The summed E-state index contributed by atoms with van der Waals surface area (Å²) in [6, 6.07) is 9.46. The van der Waals surface area contributed by atoms with Crippen LogP contribution in [-0.4, -0.2) is 25.7 Å². The van der Waals surface area contributed by atoms with Crippen LogP contribution in [-0.2, 0) is 17.9 Å². The second-order valence-electron chi connectivity index (χ2n) is 7.68. The summed E-state index contributed by atoms with van der Waals surface area (Å²) in [5, 5.41) is 13.6. The molecule has 1 saturated heterocycles. The molecule has 1 aliphatic heterocycles. The lowest BCUT2D eigenvalue weighted by Crippen LogP contribution is -2.36. The van der Waals surface area contributed by atoms with Gasteiger partial charge in [0.2, 0.25) is 0 Å². The molecule has 1 amide bonds. The van der Waals surface area contributed by atoms with Crippen LogP contribution in [0.3, 0.4) is 0 Å². The van der Waals surface area contributed by atoms with Gasteiger partial charge in [0, 0.05) is 29.7 Å². The minimum atomic E-state index is -0.372. The number of carbonyl (C=O) groups excluding carboxylic acids is 1. The summed E-state index contributed by atoms with van der Waals surface area (Å²) in [6.07, 6.45) is 2.51. The summed E-state index contributed by atoms with van der Waals surface area (Å²) in [6.45, 7) is 8.25. The van der Waals surface area contributed by atoms with Crippen LogP contribution in [0.15, 0.2) is 34.0 Å². The zero-order valence-electron chi connectivity index (χ0n) is 18.9. The van der Waals surface area contributed by atoms with Crippen molar-refractivity contribution < 1.29 is 4.79 Å². The van der Waals surface area contributed by atoms with E-state index < -0.39 is 0 Å². The van der Waals surface area contributed by atoms with Gasteiger partial charge in [0.1, 0.15) is 21.8 Å². The van der Waals surface area contributed by atoms with Crippen molar-refractivity contribution in [2.45, 2.75) is 53.2 Å². The number of anilines is 1. The van der Waals surface area contributed by atoms with E-state index in [2.05, 4.69) is 5.32 Å². The van der Waals surface area contributed by atoms with Gasteiger partial charge in [0.15, 0.2) is 0 Å². The number of pyridine rings is 1. The quantitative estimate of drug-likeness (QED) is 0.410. The van der Waals surface area contributed by atoms with E-state index in [1.54, 1.807) is 24.0 Å². The van der Waals surface area contributed by atoms with Crippen molar-refractivity contribution in [2.75, 3.05) is 5.32 Å². The normalized spacial score (nSPS) is 15.8. The van der Waals surface area contributed by atoms with E-state index in [1.165, 1.54) is 16.3 Å². The van der Waals surface area contributed by atoms with Gasteiger partial charge in [-0.25, -0.2) is 0 Å². The van der Waals surface area contributed by atoms with Gasteiger partial charge in [-0.2, -0.15) is 5.26 Å². The predicted molar refractivity (Wildman–Crippen MR) is 139 cm³/mol. The largest absolute Gasteiger partial charge is 0.367 e. The number of carbonyl (C=O) groups is 1. The molecule has 0 aliphatic carbocycles. The molecule has 1 fully saturated rings. The first kappa shape index (κ1) is 25.0. The molecule has 0 bridgehead atoms. The number of benzene rings is 1. The molecule has 172 valence electrons. The predicted octanol–water partition coefficient (Wildman–Crippen LogP) is 5.31. The van der Waals surface area contributed by atoms with E-state index in [1.807, 2.05) is 45.0 Å². The Morgan fingerprint density at radius 2 is 2.00 bits per heavy atom. The second kappa shape index (κ2) is 10.6. The monoisotopic (exact) mass is 500 g/mol. The third-order valence-electron chi connectivity index (χ3n) is 5.73. The lowest BCUT2D eigenvalue weighted by molar-refractivity contribution is -0.123. The van der Waals surface area contributed by atoms with Crippen molar-refractivity contribution in [3.63, 3.8) is 0 Å². The first-order chi connectivity index (χ1) is 15.7. The summed E-state index contributed by atoms with van der Waals surface area (Å²) < 4.78 is 2.03. The molecule has 0 radical (unpaired) electrons. The number of nitrogens with one attached hydrogen (secondary N) is 1. The Balaban J connectivity index is 2.16. The van der Waals surface area contributed by atoms with Crippen molar-refractivity contribution in [2.24, 2.45) is 0 Å². The van der Waals surface area contributed by atoms with Gasteiger partial charge in [-0.1, -0.05) is 60.7 Å². The molecule has 1 aromatic heterocycles. The highest BCUT2D eigenvalue weighted by molar-refractivity contribution is 8.26.